The average Bonchev–Trinajstić information content (AvgIpc) is 2.53. The van der Waals surface area contributed by atoms with Crippen LogP contribution >= 0.6 is 0 Å². The molecule has 1 aromatic carbocycles. The molecule has 1 unspecified atom stereocenters. The lowest BCUT2D eigenvalue weighted by molar-refractivity contribution is -0.431. The number of esters is 1. The van der Waals surface area contributed by atoms with Crippen molar-refractivity contribution < 1.29 is 19.4 Å². The summed E-state index contributed by atoms with van der Waals surface area (Å²) in [5, 5.41) is 24.8. The van der Waals surface area contributed by atoms with Crippen molar-refractivity contribution in [3.05, 3.63) is 72.8 Å². The monoisotopic (exact) mass is 334 g/mol. The molecule has 1 atom stereocenters. The Morgan fingerprint density at radius 2 is 1.79 bits per heavy atom. The third-order valence-electron chi connectivity index (χ3n) is 3.60. The number of dihydropyridines is 1. The van der Waals surface area contributed by atoms with Crippen molar-refractivity contribution in [2.75, 3.05) is 7.11 Å². The molecule has 3 N–H and O–H groups in total. The number of ether oxygens (including phenoxy) is 1. The van der Waals surface area contributed by atoms with E-state index in [1.807, 2.05) is 0 Å². The van der Waals surface area contributed by atoms with Crippen LogP contribution in [0.15, 0.2) is 47.1 Å². The zero-order chi connectivity index (χ0) is 18.0. The number of benzene rings is 1. The first-order chi connectivity index (χ1) is 11.3. The van der Waals surface area contributed by atoms with Crippen LogP contribution in [0.3, 0.4) is 0 Å². The molecule has 0 aliphatic carbocycles. The summed E-state index contributed by atoms with van der Waals surface area (Å²) in [6, 6.07) is 5.10. The standard InChI is InChI=1S/C14H14N4O6/c1-7-10(14(19)24-2)11(12(18(22)23)13(15)16-7)8-3-5-9(6-4-8)17(20)21/h3-6,11,16H,15H2,1-2H3. The number of nitrogens with zero attached hydrogens (tertiary/aromatic N) is 2. The number of carbonyl (C=O) groups is 1. The van der Waals surface area contributed by atoms with Gasteiger partial charge in [-0.3, -0.25) is 20.2 Å². The van der Waals surface area contributed by atoms with Crippen molar-refractivity contribution in [2.45, 2.75) is 12.8 Å². The molecular formula is C14H14N4O6. The summed E-state index contributed by atoms with van der Waals surface area (Å²) in [4.78, 5) is 33.0. The van der Waals surface area contributed by atoms with E-state index in [2.05, 4.69) is 5.32 Å². The summed E-state index contributed by atoms with van der Waals surface area (Å²) in [6.45, 7) is 1.54. The van der Waals surface area contributed by atoms with Gasteiger partial charge in [-0.25, -0.2) is 4.79 Å². The molecule has 2 rings (SSSR count). The second-order valence-electron chi connectivity index (χ2n) is 4.99. The first-order valence-corrected chi connectivity index (χ1v) is 6.72. The summed E-state index contributed by atoms with van der Waals surface area (Å²) >= 11 is 0. The summed E-state index contributed by atoms with van der Waals surface area (Å²) in [5.74, 6) is -2.06. The van der Waals surface area contributed by atoms with E-state index in [0.717, 1.165) is 7.11 Å². The number of allylic oxidation sites excluding steroid dienone is 2. The first-order valence-electron chi connectivity index (χ1n) is 6.72. The minimum Gasteiger partial charge on any atom is -0.466 e. The smallest absolute Gasteiger partial charge is 0.336 e. The van der Waals surface area contributed by atoms with Gasteiger partial charge in [0, 0.05) is 17.8 Å². The Morgan fingerprint density at radius 1 is 1.21 bits per heavy atom. The van der Waals surface area contributed by atoms with E-state index in [9.17, 15) is 25.0 Å². The molecule has 0 saturated heterocycles. The summed E-state index contributed by atoms with van der Waals surface area (Å²) in [6.07, 6.45) is 0. The van der Waals surface area contributed by atoms with Gasteiger partial charge in [-0.15, -0.1) is 0 Å². The fourth-order valence-electron chi connectivity index (χ4n) is 2.54. The molecule has 0 bridgehead atoms. The van der Waals surface area contributed by atoms with Crippen LogP contribution in [0.2, 0.25) is 0 Å². The summed E-state index contributed by atoms with van der Waals surface area (Å²) < 4.78 is 4.71. The van der Waals surface area contributed by atoms with Crippen LogP contribution < -0.4 is 11.1 Å². The lowest BCUT2D eigenvalue weighted by Gasteiger charge is -2.25. The van der Waals surface area contributed by atoms with E-state index in [0.29, 0.717) is 11.3 Å². The molecule has 0 spiro atoms. The number of methoxy groups -OCH3 is 1. The van der Waals surface area contributed by atoms with Crippen molar-refractivity contribution >= 4 is 11.7 Å². The third kappa shape index (κ3) is 2.89. The topological polar surface area (TPSA) is 151 Å². The van der Waals surface area contributed by atoms with Crippen molar-refractivity contribution in [3.8, 4) is 0 Å². The molecule has 0 fully saturated rings. The molecule has 1 heterocycles. The molecule has 24 heavy (non-hydrogen) atoms. The van der Waals surface area contributed by atoms with Crippen LogP contribution in [0.25, 0.3) is 0 Å². The van der Waals surface area contributed by atoms with E-state index in [1.54, 1.807) is 0 Å². The van der Waals surface area contributed by atoms with Gasteiger partial charge >= 0.3 is 5.97 Å². The Kier molecular flexibility index (Phi) is 4.49. The van der Waals surface area contributed by atoms with Crippen molar-refractivity contribution in [1.29, 1.82) is 0 Å². The lowest BCUT2D eigenvalue weighted by Crippen LogP contribution is -2.35. The molecule has 126 valence electrons. The van der Waals surface area contributed by atoms with E-state index in [-0.39, 0.29) is 17.1 Å². The van der Waals surface area contributed by atoms with Gasteiger partial charge in [-0.2, -0.15) is 0 Å². The normalized spacial score (nSPS) is 17.3. The van der Waals surface area contributed by atoms with Crippen LogP contribution in [0.4, 0.5) is 5.69 Å². The molecule has 1 aliphatic heterocycles. The largest absolute Gasteiger partial charge is 0.466 e. The minimum atomic E-state index is -1.10. The fourth-order valence-corrected chi connectivity index (χ4v) is 2.54. The van der Waals surface area contributed by atoms with Crippen LogP contribution in [-0.2, 0) is 9.53 Å². The van der Waals surface area contributed by atoms with Gasteiger partial charge in [-0.1, -0.05) is 12.1 Å². The lowest BCUT2D eigenvalue weighted by atomic mass is 9.85. The number of non-ortho nitro benzene ring substituents is 1. The van der Waals surface area contributed by atoms with Gasteiger partial charge in [0.05, 0.1) is 22.5 Å². The predicted molar refractivity (Wildman–Crippen MR) is 81.9 cm³/mol. The zero-order valence-electron chi connectivity index (χ0n) is 12.8. The number of hydrogen-bond donors (Lipinski definition) is 2. The maximum Gasteiger partial charge on any atom is 0.336 e. The van der Waals surface area contributed by atoms with Gasteiger partial charge in [0.1, 0.15) is 5.92 Å². The van der Waals surface area contributed by atoms with Gasteiger partial charge in [0.15, 0.2) is 5.82 Å². The molecule has 1 aliphatic rings. The molecule has 0 radical (unpaired) electrons. The van der Waals surface area contributed by atoms with Crippen molar-refractivity contribution in [3.63, 3.8) is 0 Å². The number of nitro benzene ring substituents is 1. The van der Waals surface area contributed by atoms with E-state index in [1.165, 1.54) is 31.2 Å². The Bertz CT molecular complexity index is 781. The third-order valence-corrected chi connectivity index (χ3v) is 3.60. The number of nitrogens with one attached hydrogen (secondary N) is 1. The minimum absolute atomic E-state index is 0.0206. The quantitative estimate of drug-likeness (QED) is 0.472. The van der Waals surface area contributed by atoms with E-state index < -0.39 is 27.4 Å². The van der Waals surface area contributed by atoms with Crippen LogP contribution in [-0.4, -0.2) is 22.9 Å². The Balaban J connectivity index is 2.64. The van der Waals surface area contributed by atoms with Gasteiger partial charge in [0.2, 0.25) is 0 Å². The molecule has 10 nitrogen and oxygen atoms in total. The molecule has 0 saturated carbocycles. The van der Waals surface area contributed by atoms with E-state index in [4.69, 9.17) is 10.5 Å². The van der Waals surface area contributed by atoms with Crippen LogP contribution in [0.5, 0.6) is 0 Å². The van der Waals surface area contributed by atoms with Gasteiger partial charge < -0.3 is 15.8 Å². The fraction of sp³-hybridized carbons (Fsp3) is 0.214. The van der Waals surface area contributed by atoms with Crippen LogP contribution in [0.1, 0.15) is 18.4 Å². The first kappa shape index (κ1) is 16.9. The maximum atomic E-state index is 12.1. The molecule has 10 heteroatoms. The highest BCUT2D eigenvalue weighted by molar-refractivity contribution is 5.92. The highest BCUT2D eigenvalue weighted by Gasteiger charge is 2.41. The highest BCUT2D eigenvalue weighted by Crippen LogP contribution is 2.38. The summed E-state index contributed by atoms with van der Waals surface area (Å²) in [5.41, 5.74) is 5.77. The number of nitro groups is 2. The number of hydrogen-bond acceptors (Lipinski definition) is 8. The van der Waals surface area contributed by atoms with E-state index >= 15 is 0 Å². The molecule has 1 aromatic rings. The van der Waals surface area contributed by atoms with Gasteiger partial charge in [-0.05, 0) is 12.5 Å². The van der Waals surface area contributed by atoms with Crippen molar-refractivity contribution in [1.82, 2.24) is 5.32 Å². The molecular weight excluding hydrogens is 320 g/mol. The number of carbonyl (C=O) groups excluding carboxylic acids is 1. The molecule has 0 amide bonds. The number of nitrogens with two attached hydrogens (primary N) is 1. The Morgan fingerprint density at radius 3 is 2.25 bits per heavy atom. The second kappa shape index (κ2) is 6.36. The van der Waals surface area contributed by atoms with Crippen molar-refractivity contribution in [2.24, 2.45) is 5.73 Å². The SMILES string of the molecule is COC(=O)C1=C(C)NC(N)=C([N+](=O)[O-])C1c1ccc([N+](=O)[O-])cc1. The Labute approximate surface area is 135 Å². The number of rotatable bonds is 4. The van der Waals surface area contributed by atoms with Crippen LogP contribution in [0, 0.1) is 20.2 Å². The summed E-state index contributed by atoms with van der Waals surface area (Å²) in [7, 11) is 1.16. The second-order valence-corrected chi connectivity index (χ2v) is 4.99. The molecule has 0 aromatic heterocycles. The predicted octanol–water partition coefficient (Wildman–Crippen LogP) is 1.13. The Hall–Kier alpha value is -3.43. The zero-order valence-corrected chi connectivity index (χ0v) is 12.8. The maximum absolute atomic E-state index is 12.1. The van der Waals surface area contributed by atoms with Gasteiger partial charge in [0.25, 0.3) is 11.4 Å². The average molecular weight is 334 g/mol. The highest BCUT2D eigenvalue weighted by atomic mass is 16.6.